The molecule has 43 heavy (non-hydrogen) atoms. The molecule has 0 saturated carbocycles. The van der Waals surface area contributed by atoms with Crippen molar-refractivity contribution in [3.63, 3.8) is 0 Å². The lowest BCUT2D eigenvalue weighted by Crippen LogP contribution is -2.18. The molecule has 4 rings (SSSR count). The highest BCUT2D eigenvalue weighted by atomic mass is 32.1. The van der Waals surface area contributed by atoms with E-state index >= 15 is 0 Å². The first kappa shape index (κ1) is 30.9. The molecule has 0 saturated heterocycles. The zero-order valence-electron chi connectivity index (χ0n) is 23.6. The van der Waals surface area contributed by atoms with Crippen LogP contribution >= 0.6 is 11.3 Å². The summed E-state index contributed by atoms with van der Waals surface area (Å²) in [5.74, 6) is -0.700. The summed E-state index contributed by atoms with van der Waals surface area (Å²) in [5, 5.41) is 12.3. The van der Waals surface area contributed by atoms with Gasteiger partial charge in [-0.3, -0.25) is 14.4 Å². The third-order valence-electron chi connectivity index (χ3n) is 6.16. The fraction of sp³-hybridized carbons (Fsp3) is 0.286. The number of pyridine rings is 1. The molecule has 0 aliphatic heterocycles. The van der Waals surface area contributed by atoms with Crippen molar-refractivity contribution in [2.24, 2.45) is 16.5 Å². The highest BCUT2D eigenvalue weighted by Gasteiger charge is 2.20. The van der Waals surface area contributed by atoms with Crippen molar-refractivity contribution >= 4 is 50.8 Å². The van der Waals surface area contributed by atoms with Gasteiger partial charge in [0.05, 0.1) is 28.3 Å². The van der Waals surface area contributed by atoms with Gasteiger partial charge in [-0.25, -0.2) is 9.97 Å². The van der Waals surface area contributed by atoms with Crippen LogP contribution in [0.5, 0.6) is 5.75 Å². The van der Waals surface area contributed by atoms with Crippen LogP contribution in [0.3, 0.4) is 0 Å². The number of nitrogen functional groups attached to an aromatic ring is 1. The van der Waals surface area contributed by atoms with Crippen LogP contribution in [0.2, 0.25) is 0 Å². The molecule has 0 fully saturated rings. The molecule has 1 aromatic carbocycles. The molecule has 0 spiro atoms. The molecule has 14 nitrogen and oxygen atoms in total. The smallest absolute Gasteiger partial charge is 0.317 e. The molecule has 4 aromatic rings. The number of fused-ring (bicyclic) bond motifs is 1. The zero-order valence-corrected chi connectivity index (χ0v) is 24.4. The number of anilines is 2. The van der Waals surface area contributed by atoms with Crippen molar-refractivity contribution in [1.82, 2.24) is 14.5 Å². The second-order valence-corrected chi connectivity index (χ2v) is 10.3. The molecular formula is C28H32N8O6S. The summed E-state index contributed by atoms with van der Waals surface area (Å²) >= 11 is 1.18. The average Bonchev–Trinajstić information content (AvgIpc) is 3.52. The van der Waals surface area contributed by atoms with Crippen molar-refractivity contribution in [2.45, 2.75) is 33.2 Å². The van der Waals surface area contributed by atoms with E-state index < -0.39 is 17.7 Å². The molecule has 0 atom stereocenters. The van der Waals surface area contributed by atoms with Crippen LogP contribution in [0.1, 0.15) is 56.2 Å². The van der Waals surface area contributed by atoms with E-state index in [1.165, 1.54) is 29.7 Å². The Morgan fingerprint density at radius 3 is 2.63 bits per heavy atom. The lowest BCUT2D eigenvalue weighted by Gasteiger charge is -2.11. The average molecular weight is 609 g/mol. The van der Waals surface area contributed by atoms with Crippen LogP contribution in [0, 0.1) is 6.92 Å². The van der Waals surface area contributed by atoms with Gasteiger partial charge in [-0.15, -0.1) is 0 Å². The highest BCUT2D eigenvalue weighted by Crippen LogP contribution is 2.30. The predicted octanol–water partition coefficient (Wildman–Crippen LogP) is 1.91. The fourth-order valence-corrected chi connectivity index (χ4v) is 5.22. The molecule has 0 radical (unpaired) electrons. The van der Waals surface area contributed by atoms with Gasteiger partial charge in [-0.1, -0.05) is 30.4 Å². The van der Waals surface area contributed by atoms with Gasteiger partial charge in [0, 0.05) is 44.8 Å². The van der Waals surface area contributed by atoms with E-state index in [1.807, 2.05) is 19.1 Å². The first-order valence-electron chi connectivity index (χ1n) is 13.3. The number of amides is 3. The monoisotopic (exact) mass is 608 g/mol. The second kappa shape index (κ2) is 13.8. The largest absolute Gasteiger partial charge is 0.491 e. The lowest BCUT2D eigenvalue weighted by atomic mass is 10.2. The number of nitrogens with two attached hydrogens (primary N) is 3. The quantitative estimate of drug-likeness (QED) is 0.109. The van der Waals surface area contributed by atoms with E-state index in [1.54, 1.807) is 17.6 Å². The number of rotatable bonds is 13. The van der Waals surface area contributed by atoms with Crippen LogP contribution in [-0.2, 0) is 13.0 Å². The molecule has 3 heterocycles. The number of ether oxygens (including phenoxy) is 1. The Hall–Kier alpha value is -5.02. The van der Waals surface area contributed by atoms with Crippen molar-refractivity contribution in [3.8, 4) is 5.75 Å². The summed E-state index contributed by atoms with van der Waals surface area (Å²) < 4.78 is 13.9. The van der Waals surface area contributed by atoms with Gasteiger partial charge in [0.15, 0.2) is 10.7 Å². The minimum atomic E-state index is -0.643. The number of aromatic nitrogens is 3. The van der Waals surface area contributed by atoms with Crippen LogP contribution in [0.25, 0.3) is 10.2 Å². The number of carbonyl (C=O) groups excluding carboxylic acids is 3. The third-order valence-corrected chi connectivity index (χ3v) is 7.19. The molecular weight excluding hydrogens is 576 g/mol. The maximum Gasteiger partial charge on any atom is 0.317 e. The Morgan fingerprint density at radius 2 is 1.95 bits per heavy atom. The molecule has 226 valence electrons. The first-order chi connectivity index (χ1) is 20.6. The molecule has 3 amide bonds. The number of nitrogens with one attached hydrogen (secondary N) is 1. The number of hydrogen-bond acceptors (Lipinski definition) is 11. The minimum Gasteiger partial charge on any atom is -0.491 e. The summed E-state index contributed by atoms with van der Waals surface area (Å²) in [4.78, 5) is 49.7. The van der Waals surface area contributed by atoms with Gasteiger partial charge < -0.3 is 41.3 Å². The molecule has 3 aromatic heterocycles. The van der Waals surface area contributed by atoms with Crippen LogP contribution in [0.15, 0.2) is 46.0 Å². The van der Waals surface area contributed by atoms with Gasteiger partial charge in [0.2, 0.25) is 17.6 Å². The van der Waals surface area contributed by atoms with Crippen molar-refractivity contribution in [1.29, 1.82) is 0 Å². The summed E-state index contributed by atoms with van der Waals surface area (Å²) in [7, 11) is 0. The van der Waals surface area contributed by atoms with Crippen LogP contribution < -0.4 is 32.1 Å². The molecule has 0 aliphatic carbocycles. The Bertz CT molecular complexity index is 1770. The Labute approximate surface area is 249 Å². The number of nitrogens with zero attached hydrogens (tertiary/aromatic N) is 4. The highest BCUT2D eigenvalue weighted by molar-refractivity contribution is 7.16. The number of aryl methyl sites for hydroxylation is 2. The predicted molar refractivity (Wildman–Crippen MR) is 161 cm³/mol. The Morgan fingerprint density at radius 1 is 1.19 bits per heavy atom. The Kier molecular flexibility index (Phi) is 9.90. The van der Waals surface area contributed by atoms with Gasteiger partial charge in [-0.05, 0) is 24.6 Å². The van der Waals surface area contributed by atoms with Crippen molar-refractivity contribution in [2.75, 3.05) is 30.8 Å². The van der Waals surface area contributed by atoms with Crippen molar-refractivity contribution < 1.29 is 28.6 Å². The molecule has 8 N–H and O–H groups in total. The summed E-state index contributed by atoms with van der Waals surface area (Å²) in [5.41, 5.74) is 18.6. The van der Waals surface area contributed by atoms with Gasteiger partial charge in [0.1, 0.15) is 17.1 Å². The number of carbonyl (C=O) groups is 3. The van der Waals surface area contributed by atoms with Crippen molar-refractivity contribution in [3.05, 3.63) is 69.8 Å². The maximum absolute atomic E-state index is 13.2. The van der Waals surface area contributed by atoms with Gasteiger partial charge in [-0.2, -0.15) is 4.99 Å². The maximum atomic E-state index is 13.2. The molecule has 15 heteroatoms. The Balaban J connectivity index is 1.71. The summed E-state index contributed by atoms with van der Waals surface area (Å²) in [6, 6.07) is 4.59. The number of oxazole rings is 1. The minimum absolute atomic E-state index is 0.0634. The third kappa shape index (κ3) is 7.25. The SMILES string of the molecule is CCc1nc(C)oc1C(=O)N=c1sc2cc(C(N)=O)cc(OCCCO)c2n1C/C=C/CNc1ncc(C(N)=O)cc1N. The van der Waals surface area contributed by atoms with E-state index in [0.717, 1.165) is 0 Å². The molecule has 0 aliphatic rings. The van der Waals surface area contributed by atoms with Gasteiger partial charge >= 0.3 is 5.91 Å². The number of thiazole rings is 1. The van der Waals surface area contributed by atoms with Crippen LogP contribution in [0.4, 0.5) is 11.5 Å². The number of benzene rings is 1. The number of hydrogen-bond donors (Lipinski definition) is 5. The fourth-order valence-electron chi connectivity index (χ4n) is 4.12. The lowest BCUT2D eigenvalue weighted by molar-refractivity contribution is 0.0966. The number of aliphatic hydroxyl groups is 1. The number of primary amides is 2. The summed E-state index contributed by atoms with van der Waals surface area (Å²) in [6.07, 6.45) is 5.86. The van der Waals surface area contributed by atoms with E-state index in [4.69, 9.17) is 26.4 Å². The standard InChI is InChI=1S/C28H32N8O6S/c1-3-19-23(42-15(2)34-19)27(40)35-28-36(8-5-4-7-32-26-18(29)11-17(14-33-26)25(31)39)22-20(41-10-6-9-37)12-16(24(30)38)13-21(22)43-28/h4-5,11-14,37H,3,6-10,29H2,1-2H3,(H2,30,38)(H2,31,39)(H,32,33)/b5-4+,35-28?. The molecule has 0 bridgehead atoms. The molecule has 0 unspecified atom stereocenters. The van der Waals surface area contributed by atoms with Gasteiger partial charge in [0.25, 0.3) is 0 Å². The van der Waals surface area contributed by atoms with E-state index in [2.05, 4.69) is 20.3 Å². The van der Waals surface area contributed by atoms with E-state index in [9.17, 15) is 19.5 Å². The van der Waals surface area contributed by atoms with E-state index in [-0.39, 0.29) is 42.3 Å². The topological polar surface area (TPSA) is 227 Å². The van der Waals surface area contributed by atoms with Crippen LogP contribution in [-0.4, -0.2) is 57.1 Å². The number of allylic oxidation sites excluding steroid dienone is 1. The second-order valence-electron chi connectivity index (χ2n) is 9.26. The zero-order chi connectivity index (χ0) is 31.1. The number of aliphatic hydroxyl groups excluding tert-OH is 1. The summed E-state index contributed by atoms with van der Waals surface area (Å²) in [6.45, 7) is 4.24. The van der Waals surface area contributed by atoms with E-state index in [0.29, 0.717) is 57.6 Å². The normalized spacial score (nSPS) is 11.8. The first-order valence-corrected chi connectivity index (χ1v) is 14.1.